The van der Waals surface area contributed by atoms with Crippen molar-refractivity contribution in [3.63, 3.8) is 0 Å². The van der Waals surface area contributed by atoms with Crippen molar-refractivity contribution in [2.75, 3.05) is 6.54 Å². The molecule has 21 heavy (non-hydrogen) atoms. The highest BCUT2D eigenvalue weighted by Gasteiger charge is 2.29. The summed E-state index contributed by atoms with van der Waals surface area (Å²) in [5.41, 5.74) is 1.17. The summed E-state index contributed by atoms with van der Waals surface area (Å²) in [5.74, 6) is 0.265. The second kappa shape index (κ2) is 6.63. The molecule has 110 valence electrons. The zero-order valence-electron chi connectivity index (χ0n) is 11.8. The van der Waals surface area contributed by atoms with Crippen LogP contribution in [0, 0.1) is 0 Å². The van der Waals surface area contributed by atoms with Gasteiger partial charge in [-0.3, -0.25) is 4.79 Å². The minimum absolute atomic E-state index is 0.265. The van der Waals surface area contributed by atoms with Gasteiger partial charge in [-0.25, -0.2) is 0 Å². The Bertz CT molecular complexity index is 594. The van der Waals surface area contributed by atoms with Gasteiger partial charge in [-0.1, -0.05) is 29.8 Å². The van der Waals surface area contributed by atoms with E-state index < -0.39 is 0 Å². The fourth-order valence-electron chi connectivity index (χ4n) is 2.89. The number of hydrogen-bond donors (Lipinski definition) is 0. The molecular weight excluding hydrogens is 302 g/mol. The molecule has 1 unspecified atom stereocenters. The molecule has 1 aliphatic heterocycles. The van der Waals surface area contributed by atoms with Crippen LogP contribution in [-0.4, -0.2) is 17.4 Å². The molecule has 1 amide bonds. The fourth-order valence-corrected chi connectivity index (χ4v) is 3.89. The Balaban J connectivity index is 1.61. The number of hydrogen-bond acceptors (Lipinski definition) is 2. The minimum atomic E-state index is 0.265. The van der Waals surface area contributed by atoms with Crippen LogP contribution in [0.3, 0.4) is 0 Å². The summed E-state index contributed by atoms with van der Waals surface area (Å²) in [6, 6.07) is 12.3. The van der Waals surface area contributed by atoms with Crippen molar-refractivity contribution in [1.82, 2.24) is 4.90 Å². The molecule has 2 heterocycles. The summed E-state index contributed by atoms with van der Waals surface area (Å²) in [5, 5.41) is 2.83. The molecule has 3 rings (SSSR count). The normalized spacial score (nSPS) is 18.1. The first-order valence-electron chi connectivity index (χ1n) is 7.31. The third-order valence-electron chi connectivity index (χ3n) is 3.99. The lowest BCUT2D eigenvalue weighted by Gasteiger charge is -2.24. The molecule has 4 heteroatoms. The lowest BCUT2D eigenvalue weighted by atomic mass is 10.1. The maximum absolute atomic E-state index is 12.5. The van der Waals surface area contributed by atoms with Gasteiger partial charge in [-0.05, 0) is 48.4 Å². The second-order valence-electron chi connectivity index (χ2n) is 5.39. The Hall–Kier alpha value is -1.32. The molecule has 0 aliphatic carbocycles. The first kappa shape index (κ1) is 14.6. The molecule has 1 fully saturated rings. The van der Waals surface area contributed by atoms with E-state index in [1.165, 1.54) is 10.4 Å². The van der Waals surface area contributed by atoms with Crippen molar-refractivity contribution >= 4 is 28.8 Å². The summed E-state index contributed by atoms with van der Waals surface area (Å²) in [6.07, 6.45) is 3.55. The van der Waals surface area contributed by atoms with Gasteiger partial charge < -0.3 is 4.90 Å². The van der Waals surface area contributed by atoms with Gasteiger partial charge in [0, 0.05) is 22.9 Å². The number of amides is 1. The SMILES string of the molecule is O=C(CCc1ccc(Cl)cc1)N1CCCC1c1cccs1. The summed E-state index contributed by atoms with van der Waals surface area (Å²) in [7, 11) is 0. The molecule has 1 saturated heterocycles. The maximum atomic E-state index is 12.5. The van der Waals surface area contributed by atoms with Gasteiger partial charge in [-0.2, -0.15) is 0 Å². The van der Waals surface area contributed by atoms with Crippen molar-refractivity contribution in [3.8, 4) is 0 Å². The van der Waals surface area contributed by atoms with Gasteiger partial charge in [-0.15, -0.1) is 11.3 Å². The summed E-state index contributed by atoms with van der Waals surface area (Å²) >= 11 is 7.63. The van der Waals surface area contributed by atoms with Crippen LogP contribution in [0.25, 0.3) is 0 Å². The zero-order valence-corrected chi connectivity index (χ0v) is 13.4. The number of nitrogens with zero attached hydrogens (tertiary/aromatic N) is 1. The first-order chi connectivity index (χ1) is 10.2. The zero-order chi connectivity index (χ0) is 14.7. The Morgan fingerprint density at radius 2 is 2.10 bits per heavy atom. The monoisotopic (exact) mass is 319 g/mol. The van der Waals surface area contributed by atoms with E-state index in [2.05, 4.69) is 22.4 Å². The van der Waals surface area contributed by atoms with Gasteiger partial charge in [0.15, 0.2) is 0 Å². The van der Waals surface area contributed by atoms with Crippen LogP contribution < -0.4 is 0 Å². The van der Waals surface area contributed by atoms with Crippen LogP contribution in [0.15, 0.2) is 41.8 Å². The van der Waals surface area contributed by atoms with Gasteiger partial charge in [0.2, 0.25) is 5.91 Å². The standard InChI is InChI=1S/C17H18ClNOS/c18-14-8-5-13(6-9-14)7-10-17(20)19-11-1-3-15(19)16-4-2-12-21-16/h2,4-6,8-9,12,15H,1,3,7,10-11H2. The molecule has 1 aliphatic rings. The van der Waals surface area contributed by atoms with Crippen molar-refractivity contribution in [1.29, 1.82) is 0 Å². The number of likely N-dealkylation sites (tertiary alicyclic amines) is 1. The molecule has 0 saturated carbocycles. The van der Waals surface area contributed by atoms with E-state index >= 15 is 0 Å². The lowest BCUT2D eigenvalue weighted by molar-refractivity contribution is -0.132. The number of benzene rings is 1. The van der Waals surface area contributed by atoms with Crippen molar-refractivity contribution in [2.24, 2.45) is 0 Å². The lowest BCUT2D eigenvalue weighted by Crippen LogP contribution is -2.30. The van der Waals surface area contributed by atoms with Crippen molar-refractivity contribution in [2.45, 2.75) is 31.7 Å². The smallest absolute Gasteiger partial charge is 0.223 e. The van der Waals surface area contributed by atoms with Gasteiger partial charge in [0.05, 0.1) is 6.04 Å². The molecule has 2 nitrogen and oxygen atoms in total. The highest BCUT2D eigenvalue weighted by molar-refractivity contribution is 7.10. The molecule has 0 bridgehead atoms. The first-order valence-corrected chi connectivity index (χ1v) is 8.57. The molecule has 1 aromatic carbocycles. The van der Waals surface area contributed by atoms with E-state index in [1.54, 1.807) is 11.3 Å². The van der Waals surface area contributed by atoms with Crippen LogP contribution in [0.2, 0.25) is 5.02 Å². The molecular formula is C17H18ClNOS. The molecule has 0 N–H and O–H groups in total. The van der Waals surface area contributed by atoms with Crippen LogP contribution >= 0.6 is 22.9 Å². The highest BCUT2D eigenvalue weighted by atomic mass is 35.5. The predicted octanol–water partition coefficient (Wildman–Crippen LogP) is 4.70. The minimum Gasteiger partial charge on any atom is -0.335 e. The molecule has 0 radical (unpaired) electrons. The third kappa shape index (κ3) is 3.47. The summed E-state index contributed by atoms with van der Waals surface area (Å²) in [6.45, 7) is 0.891. The predicted molar refractivity (Wildman–Crippen MR) is 87.8 cm³/mol. The number of rotatable bonds is 4. The molecule has 0 spiro atoms. The average Bonchev–Trinajstić information content (AvgIpc) is 3.16. The molecule has 1 atom stereocenters. The van der Waals surface area contributed by atoms with Gasteiger partial charge in [0.1, 0.15) is 0 Å². The fraction of sp³-hybridized carbons (Fsp3) is 0.353. The second-order valence-corrected chi connectivity index (χ2v) is 6.80. The molecule has 2 aromatic rings. The van der Waals surface area contributed by atoms with E-state index in [9.17, 15) is 4.79 Å². The van der Waals surface area contributed by atoms with Crippen LogP contribution in [0.5, 0.6) is 0 Å². The quantitative estimate of drug-likeness (QED) is 0.800. The number of carbonyl (C=O) groups is 1. The van der Waals surface area contributed by atoms with Crippen LogP contribution in [0.1, 0.15) is 35.7 Å². The Morgan fingerprint density at radius 3 is 2.81 bits per heavy atom. The highest BCUT2D eigenvalue weighted by Crippen LogP contribution is 2.34. The Kier molecular flexibility index (Phi) is 4.61. The maximum Gasteiger partial charge on any atom is 0.223 e. The van der Waals surface area contributed by atoms with Crippen LogP contribution in [0.4, 0.5) is 0 Å². The Morgan fingerprint density at radius 1 is 1.29 bits per heavy atom. The van der Waals surface area contributed by atoms with E-state index in [0.717, 1.165) is 30.8 Å². The average molecular weight is 320 g/mol. The van der Waals surface area contributed by atoms with E-state index in [0.29, 0.717) is 12.5 Å². The van der Waals surface area contributed by atoms with Gasteiger partial charge >= 0.3 is 0 Å². The number of aryl methyl sites for hydroxylation is 1. The number of carbonyl (C=O) groups excluding carboxylic acids is 1. The Labute approximate surface area is 134 Å². The van der Waals surface area contributed by atoms with Gasteiger partial charge in [0.25, 0.3) is 0 Å². The number of thiophene rings is 1. The number of halogens is 1. The summed E-state index contributed by atoms with van der Waals surface area (Å²) in [4.78, 5) is 15.9. The van der Waals surface area contributed by atoms with E-state index in [-0.39, 0.29) is 5.91 Å². The van der Waals surface area contributed by atoms with E-state index in [4.69, 9.17) is 11.6 Å². The van der Waals surface area contributed by atoms with E-state index in [1.807, 2.05) is 24.3 Å². The topological polar surface area (TPSA) is 20.3 Å². The van der Waals surface area contributed by atoms with Crippen LogP contribution in [-0.2, 0) is 11.2 Å². The van der Waals surface area contributed by atoms with Crippen molar-refractivity contribution < 1.29 is 4.79 Å². The molecule has 1 aromatic heterocycles. The van der Waals surface area contributed by atoms with Crippen molar-refractivity contribution in [3.05, 3.63) is 57.2 Å². The summed E-state index contributed by atoms with van der Waals surface area (Å²) < 4.78 is 0. The third-order valence-corrected chi connectivity index (χ3v) is 5.21. The largest absolute Gasteiger partial charge is 0.335 e.